The molecule has 1 fully saturated rings. The average Bonchev–Trinajstić information content (AvgIpc) is 2.01. The third-order valence-electron chi connectivity index (χ3n) is 1.90. The summed E-state index contributed by atoms with van der Waals surface area (Å²) in [4.78, 5) is 0. The van der Waals surface area contributed by atoms with Crippen molar-refractivity contribution in [3.8, 4) is 0 Å². The first kappa shape index (κ1) is 8.89. The van der Waals surface area contributed by atoms with Gasteiger partial charge in [-0.3, -0.25) is 0 Å². The molecule has 0 amide bonds. The molecule has 1 saturated heterocycles. The van der Waals surface area contributed by atoms with Crippen molar-refractivity contribution in [2.75, 3.05) is 13.2 Å². The Labute approximate surface area is 64.9 Å². The van der Waals surface area contributed by atoms with Gasteiger partial charge in [-0.1, -0.05) is 0 Å². The Kier molecular flexibility index (Phi) is 2.80. The second kappa shape index (κ2) is 3.46. The van der Waals surface area contributed by atoms with Crippen molar-refractivity contribution in [3.05, 3.63) is 0 Å². The van der Waals surface area contributed by atoms with E-state index in [0.29, 0.717) is 0 Å². The van der Waals surface area contributed by atoms with Crippen LogP contribution in [0.15, 0.2) is 0 Å². The van der Waals surface area contributed by atoms with Crippen LogP contribution in [0.1, 0.15) is 0 Å². The van der Waals surface area contributed by atoms with Gasteiger partial charge >= 0.3 is 0 Å². The average molecular weight is 162 g/mol. The molecule has 0 bridgehead atoms. The van der Waals surface area contributed by atoms with Gasteiger partial charge in [0.1, 0.15) is 6.10 Å². The molecule has 0 aromatic rings. The van der Waals surface area contributed by atoms with Gasteiger partial charge in [-0.05, 0) is 0 Å². The van der Waals surface area contributed by atoms with Crippen molar-refractivity contribution < 1.29 is 14.9 Å². The summed E-state index contributed by atoms with van der Waals surface area (Å²) in [6, 6.07) is -0.507. The quantitative estimate of drug-likeness (QED) is 0.338. The van der Waals surface area contributed by atoms with Crippen LogP contribution >= 0.6 is 0 Å². The Morgan fingerprint density at radius 3 is 2.55 bits per heavy atom. The highest BCUT2D eigenvalue weighted by molar-refractivity contribution is 4.88. The lowest BCUT2D eigenvalue weighted by Crippen LogP contribution is -2.58. The lowest BCUT2D eigenvalue weighted by Gasteiger charge is -2.35. The summed E-state index contributed by atoms with van der Waals surface area (Å²) in [6.07, 6.45) is -2.36. The zero-order valence-corrected chi connectivity index (χ0v) is 6.18. The maximum absolute atomic E-state index is 9.27. The monoisotopic (exact) mass is 162 g/mol. The SMILES string of the molecule is NCC1OC[C@@H](N)C(O)C1O. The standard InChI is InChI=1S/C6H14N2O3/c7-1-4-6(10)5(9)3(8)2-11-4/h3-6,9-10H,1-2,7-8H2/t3-,4?,5?,6?/m1/s1. The molecule has 66 valence electrons. The number of aliphatic hydroxyl groups excluding tert-OH is 2. The van der Waals surface area contributed by atoms with Crippen molar-refractivity contribution in [2.24, 2.45) is 11.5 Å². The van der Waals surface area contributed by atoms with Gasteiger partial charge in [0.15, 0.2) is 0 Å². The number of hydrogen-bond acceptors (Lipinski definition) is 5. The van der Waals surface area contributed by atoms with E-state index in [1.165, 1.54) is 0 Å². The van der Waals surface area contributed by atoms with E-state index < -0.39 is 24.4 Å². The van der Waals surface area contributed by atoms with E-state index in [4.69, 9.17) is 16.2 Å². The summed E-state index contributed by atoms with van der Waals surface area (Å²) in [5, 5.41) is 18.5. The van der Waals surface area contributed by atoms with E-state index in [9.17, 15) is 10.2 Å². The van der Waals surface area contributed by atoms with Crippen LogP contribution < -0.4 is 11.5 Å². The zero-order chi connectivity index (χ0) is 8.43. The molecule has 0 aromatic carbocycles. The van der Waals surface area contributed by atoms with Crippen molar-refractivity contribution in [3.63, 3.8) is 0 Å². The molecule has 3 unspecified atom stereocenters. The van der Waals surface area contributed by atoms with Crippen LogP contribution in [0.25, 0.3) is 0 Å². The van der Waals surface area contributed by atoms with Gasteiger partial charge in [0.05, 0.1) is 24.9 Å². The van der Waals surface area contributed by atoms with Crippen LogP contribution in [0.5, 0.6) is 0 Å². The normalized spacial score (nSPS) is 45.8. The fraction of sp³-hybridized carbons (Fsp3) is 1.00. The van der Waals surface area contributed by atoms with E-state index >= 15 is 0 Å². The van der Waals surface area contributed by atoms with Gasteiger partial charge in [-0.15, -0.1) is 0 Å². The molecule has 1 aliphatic rings. The lowest BCUT2D eigenvalue weighted by atomic mass is 9.99. The Balaban J connectivity index is 2.52. The Morgan fingerprint density at radius 2 is 2.00 bits per heavy atom. The molecule has 5 nitrogen and oxygen atoms in total. The first-order chi connectivity index (χ1) is 5.16. The van der Waals surface area contributed by atoms with Crippen molar-refractivity contribution >= 4 is 0 Å². The number of rotatable bonds is 1. The molecule has 11 heavy (non-hydrogen) atoms. The van der Waals surface area contributed by atoms with Crippen LogP contribution in [-0.4, -0.2) is 47.7 Å². The minimum Gasteiger partial charge on any atom is -0.389 e. The summed E-state index contributed by atoms with van der Waals surface area (Å²) in [5.41, 5.74) is 10.7. The van der Waals surface area contributed by atoms with Crippen LogP contribution in [0, 0.1) is 0 Å². The summed E-state index contributed by atoms with van der Waals surface area (Å²) in [6.45, 7) is 0.449. The first-order valence-electron chi connectivity index (χ1n) is 3.60. The molecule has 1 aliphatic heterocycles. The highest BCUT2D eigenvalue weighted by Gasteiger charge is 2.35. The predicted molar refractivity (Wildman–Crippen MR) is 38.8 cm³/mol. The van der Waals surface area contributed by atoms with E-state index in [1.54, 1.807) is 0 Å². The first-order valence-corrected chi connectivity index (χ1v) is 3.60. The van der Waals surface area contributed by atoms with Gasteiger partial charge in [-0.25, -0.2) is 0 Å². The zero-order valence-electron chi connectivity index (χ0n) is 6.18. The van der Waals surface area contributed by atoms with Gasteiger partial charge in [0.25, 0.3) is 0 Å². The highest BCUT2D eigenvalue weighted by atomic mass is 16.5. The van der Waals surface area contributed by atoms with Gasteiger partial charge in [-0.2, -0.15) is 0 Å². The van der Waals surface area contributed by atoms with Crippen LogP contribution in [-0.2, 0) is 4.74 Å². The maximum Gasteiger partial charge on any atom is 0.109 e. The Bertz CT molecular complexity index is 131. The molecule has 6 N–H and O–H groups in total. The van der Waals surface area contributed by atoms with Gasteiger partial charge in [0, 0.05) is 6.54 Å². The number of aliphatic hydroxyl groups is 2. The van der Waals surface area contributed by atoms with E-state index in [1.807, 2.05) is 0 Å². The number of hydrogen-bond donors (Lipinski definition) is 4. The lowest BCUT2D eigenvalue weighted by molar-refractivity contribution is -0.139. The minimum atomic E-state index is -0.955. The molecule has 4 atom stereocenters. The molecule has 0 aromatic heterocycles. The molecule has 1 heterocycles. The molecule has 0 radical (unpaired) electrons. The van der Waals surface area contributed by atoms with Crippen molar-refractivity contribution in [2.45, 2.75) is 24.4 Å². The van der Waals surface area contributed by atoms with E-state index in [0.717, 1.165) is 0 Å². The fourth-order valence-corrected chi connectivity index (χ4v) is 1.11. The van der Waals surface area contributed by atoms with E-state index in [-0.39, 0.29) is 13.2 Å². The van der Waals surface area contributed by atoms with Crippen LogP contribution in [0.3, 0.4) is 0 Å². The Hall–Kier alpha value is -0.200. The molecular weight excluding hydrogens is 148 g/mol. The molecule has 5 heteroatoms. The summed E-state index contributed by atoms with van der Waals surface area (Å²) in [5.74, 6) is 0. The van der Waals surface area contributed by atoms with Crippen LogP contribution in [0.2, 0.25) is 0 Å². The minimum absolute atomic E-state index is 0.199. The van der Waals surface area contributed by atoms with Crippen LogP contribution in [0.4, 0.5) is 0 Å². The summed E-state index contributed by atoms with van der Waals surface area (Å²) >= 11 is 0. The van der Waals surface area contributed by atoms with Gasteiger partial charge < -0.3 is 26.4 Å². The second-order valence-corrected chi connectivity index (χ2v) is 2.75. The molecule has 0 spiro atoms. The summed E-state index contributed by atoms with van der Waals surface area (Å²) < 4.78 is 5.06. The van der Waals surface area contributed by atoms with Crippen molar-refractivity contribution in [1.29, 1.82) is 0 Å². The predicted octanol–water partition coefficient (Wildman–Crippen LogP) is -2.61. The molecular formula is C6H14N2O3. The topological polar surface area (TPSA) is 102 Å². The highest BCUT2D eigenvalue weighted by Crippen LogP contribution is 2.12. The molecule has 1 rings (SSSR count). The van der Waals surface area contributed by atoms with Crippen molar-refractivity contribution in [1.82, 2.24) is 0 Å². The fourth-order valence-electron chi connectivity index (χ4n) is 1.11. The van der Waals surface area contributed by atoms with Gasteiger partial charge in [0.2, 0.25) is 0 Å². The van der Waals surface area contributed by atoms with E-state index in [2.05, 4.69) is 0 Å². The second-order valence-electron chi connectivity index (χ2n) is 2.75. The number of nitrogens with two attached hydrogens (primary N) is 2. The third kappa shape index (κ3) is 1.69. The Morgan fingerprint density at radius 1 is 1.36 bits per heavy atom. The summed E-state index contributed by atoms with van der Waals surface area (Å²) in [7, 11) is 0. The maximum atomic E-state index is 9.27. The third-order valence-corrected chi connectivity index (χ3v) is 1.90. The largest absolute Gasteiger partial charge is 0.389 e. The smallest absolute Gasteiger partial charge is 0.109 e. The number of ether oxygens (including phenoxy) is 1. The molecule has 0 aliphatic carbocycles. The molecule has 0 saturated carbocycles.